The molecular formula is C11H14BrN2. The van der Waals surface area contributed by atoms with E-state index in [2.05, 4.69) is 51.0 Å². The van der Waals surface area contributed by atoms with Crippen LogP contribution in [0.15, 0.2) is 22.7 Å². The third-order valence-corrected chi connectivity index (χ3v) is 3.10. The molecule has 1 fully saturated rings. The Kier molecular flexibility index (Phi) is 3.08. The summed E-state index contributed by atoms with van der Waals surface area (Å²) in [7, 11) is 2.17. The molecule has 0 spiro atoms. The Hall–Kier alpha value is -0.540. The second-order valence-corrected chi connectivity index (χ2v) is 4.60. The van der Waals surface area contributed by atoms with Crippen molar-refractivity contribution in [1.82, 2.24) is 4.90 Å². The molecule has 0 N–H and O–H groups in total. The zero-order chi connectivity index (χ0) is 9.97. The van der Waals surface area contributed by atoms with E-state index in [1.165, 1.54) is 5.69 Å². The van der Waals surface area contributed by atoms with Crippen LogP contribution >= 0.6 is 15.9 Å². The third-order valence-electron chi connectivity index (χ3n) is 2.60. The number of likely N-dealkylation sites (N-methyl/N-ethyl adjacent to an activating group) is 1. The summed E-state index contributed by atoms with van der Waals surface area (Å²) >= 11 is 3.42. The smallest absolute Gasteiger partial charge is 0.0448 e. The maximum atomic E-state index is 3.42. The Bertz CT molecular complexity index is 289. The predicted molar refractivity (Wildman–Crippen MR) is 62.7 cm³/mol. The molecule has 2 rings (SSSR count). The Balaban J connectivity index is 2.05. The largest absolute Gasteiger partial charge is 0.368 e. The summed E-state index contributed by atoms with van der Waals surface area (Å²) in [5, 5.41) is 0. The molecule has 0 aromatic heterocycles. The summed E-state index contributed by atoms with van der Waals surface area (Å²) in [5.41, 5.74) is 1.21. The van der Waals surface area contributed by atoms with Gasteiger partial charge < -0.3 is 9.80 Å². The molecule has 1 aliphatic heterocycles. The molecule has 1 heterocycles. The predicted octanol–water partition coefficient (Wildman–Crippen LogP) is 2.00. The van der Waals surface area contributed by atoms with Crippen LogP contribution in [-0.2, 0) is 0 Å². The van der Waals surface area contributed by atoms with Gasteiger partial charge in [0, 0.05) is 42.4 Å². The molecule has 1 aliphatic rings. The lowest BCUT2D eigenvalue weighted by Crippen LogP contribution is -2.44. The van der Waals surface area contributed by atoms with Crippen molar-refractivity contribution in [2.24, 2.45) is 0 Å². The lowest BCUT2D eigenvalue weighted by molar-refractivity contribution is 0.313. The van der Waals surface area contributed by atoms with Gasteiger partial charge in [0.1, 0.15) is 0 Å². The minimum atomic E-state index is 1.09. The number of halogens is 1. The number of hydrogen-bond donors (Lipinski definition) is 0. The summed E-state index contributed by atoms with van der Waals surface area (Å²) in [5.74, 6) is 0. The number of anilines is 1. The zero-order valence-electron chi connectivity index (χ0n) is 8.33. The van der Waals surface area contributed by atoms with Gasteiger partial charge in [-0.15, -0.1) is 0 Å². The molecule has 1 aromatic carbocycles. The monoisotopic (exact) mass is 253 g/mol. The van der Waals surface area contributed by atoms with E-state index < -0.39 is 0 Å². The maximum Gasteiger partial charge on any atom is 0.0448 e. The Labute approximate surface area is 93.6 Å². The van der Waals surface area contributed by atoms with Crippen molar-refractivity contribution in [1.29, 1.82) is 0 Å². The molecule has 1 aromatic rings. The fraction of sp³-hybridized carbons (Fsp3) is 0.455. The Morgan fingerprint density at radius 1 is 1.21 bits per heavy atom. The molecule has 1 radical (unpaired) electrons. The Morgan fingerprint density at radius 2 is 1.93 bits per heavy atom. The van der Waals surface area contributed by atoms with Crippen molar-refractivity contribution < 1.29 is 0 Å². The maximum absolute atomic E-state index is 3.42. The van der Waals surface area contributed by atoms with Crippen LogP contribution in [0.2, 0.25) is 0 Å². The lowest BCUT2D eigenvalue weighted by Gasteiger charge is -2.33. The number of rotatable bonds is 1. The first-order valence-electron chi connectivity index (χ1n) is 4.86. The Morgan fingerprint density at radius 3 is 2.50 bits per heavy atom. The standard InChI is InChI=1S/C11H14BrN2/c1-13-6-8-14(9-7-13)11-4-2-10(12)3-5-11/h2-4H,6-9H2,1H3. The van der Waals surface area contributed by atoms with Gasteiger partial charge in [-0.05, 0) is 25.2 Å². The summed E-state index contributed by atoms with van der Waals surface area (Å²) in [6.07, 6.45) is 0. The molecule has 0 unspecified atom stereocenters. The first kappa shape index (κ1) is 9.99. The van der Waals surface area contributed by atoms with Crippen molar-refractivity contribution >= 4 is 21.6 Å². The quantitative estimate of drug-likeness (QED) is 0.756. The van der Waals surface area contributed by atoms with Gasteiger partial charge in [0.2, 0.25) is 0 Å². The van der Waals surface area contributed by atoms with Gasteiger partial charge in [0.15, 0.2) is 0 Å². The van der Waals surface area contributed by atoms with Crippen LogP contribution in [0, 0.1) is 6.07 Å². The highest BCUT2D eigenvalue weighted by atomic mass is 79.9. The van der Waals surface area contributed by atoms with Gasteiger partial charge in [-0.1, -0.05) is 15.9 Å². The number of piperazine rings is 1. The first-order chi connectivity index (χ1) is 6.75. The van der Waals surface area contributed by atoms with Crippen molar-refractivity contribution in [2.45, 2.75) is 0 Å². The summed E-state index contributed by atoms with van der Waals surface area (Å²) in [6.45, 7) is 4.50. The van der Waals surface area contributed by atoms with E-state index in [4.69, 9.17) is 0 Å². The zero-order valence-corrected chi connectivity index (χ0v) is 9.92. The van der Waals surface area contributed by atoms with Crippen molar-refractivity contribution in [3.8, 4) is 0 Å². The fourth-order valence-electron chi connectivity index (χ4n) is 1.64. The first-order valence-corrected chi connectivity index (χ1v) is 5.66. The lowest BCUT2D eigenvalue weighted by atomic mass is 10.2. The highest BCUT2D eigenvalue weighted by molar-refractivity contribution is 9.10. The second-order valence-electron chi connectivity index (χ2n) is 3.68. The molecule has 0 bridgehead atoms. The van der Waals surface area contributed by atoms with E-state index in [-0.39, 0.29) is 0 Å². The van der Waals surface area contributed by atoms with Crippen LogP contribution in [0.1, 0.15) is 0 Å². The normalized spacial score (nSPS) is 18.6. The molecule has 2 nitrogen and oxygen atoms in total. The third kappa shape index (κ3) is 2.28. The fourth-order valence-corrected chi connectivity index (χ4v) is 1.89. The molecule has 0 aliphatic carbocycles. The highest BCUT2D eigenvalue weighted by Gasteiger charge is 2.13. The van der Waals surface area contributed by atoms with E-state index in [9.17, 15) is 0 Å². The van der Waals surface area contributed by atoms with E-state index in [1.54, 1.807) is 0 Å². The van der Waals surface area contributed by atoms with Crippen LogP contribution in [0.25, 0.3) is 0 Å². The molecule has 0 saturated carbocycles. The minimum Gasteiger partial charge on any atom is -0.368 e. The molecular weight excluding hydrogens is 240 g/mol. The van der Waals surface area contributed by atoms with Crippen LogP contribution in [0.5, 0.6) is 0 Å². The summed E-state index contributed by atoms with van der Waals surface area (Å²) in [4.78, 5) is 4.74. The van der Waals surface area contributed by atoms with E-state index in [1.807, 2.05) is 6.07 Å². The number of hydrogen-bond acceptors (Lipinski definition) is 2. The molecule has 75 valence electrons. The van der Waals surface area contributed by atoms with Gasteiger partial charge >= 0.3 is 0 Å². The molecule has 0 amide bonds. The van der Waals surface area contributed by atoms with Crippen LogP contribution in [0.3, 0.4) is 0 Å². The van der Waals surface area contributed by atoms with Gasteiger partial charge in [-0.25, -0.2) is 0 Å². The molecule has 1 saturated heterocycles. The molecule has 14 heavy (non-hydrogen) atoms. The van der Waals surface area contributed by atoms with Crippen molar-refractivity contribution in [3.63, 3.8) is 0 Å². The molecule has 3 heteroatoms. The number of benzene rings is 1. The van der Waals surface area contributed by atoms with Crippen molar-refractivity contribution in [2.75, 3.05) is 38.1 Å². The second kappa shape index (κ2) is 4.32. The van der Waals surface area contributed by atoms with E-state index in [0.717, 1.165) is 30.7 Å². The summed E-state index contributed by atoms with van der Waals surface area (Å²) < 4.78 is 1.09. The van der Waals surface area contributed by atoms with Crippen LogP contribution in [-0.4, -0.2) is 38.1 Å². The minimum absolute atomic E-state index is 1.09. The van der Waals surface area contributed by atoms with E-state index in [0.29, 0.717) is 0 Å². The summed E-state index contributed by atoms with van der Waals surface area (Å²) in [6, 6.07) is 9.46. The average Bonchev–Trinajstić information content (AvgIpc) is 2.21. The van der Waals surface area contributed by atoms with E-state index >= 15 is 0 Å². The molecule has 0 atom stereocenters. The van der Waals surface area contributed by atoms with Crippen LogP contribution < -0.4 is 4.90 Å². The number of nitrogens with zero attached hydrogens (tertiary/aromatic N) is 2. The van der Waals surface area contributed by atoms with Crippen molar-refractivity contribution in [3.05, 3.63) is 28.7 Å². The topological polar surface area (TPSA) is 6.48 Å². The average molecular weight is 254 g/mol. The SMILES string of the molecule is CN1CCN(c2[c]cc(Br)cc2)CC1. The van der Waals surface area contributed by atoms with Crippen LogP contribution in [0.4, 0.5) is 5.69 Å². The highest BCUT2D eigenvalue weighted by Crippen LogP contribution is 2.18. The van der Waals surface area contributed by atoms with Gasteiger partial charge in [-0.3, -0.25) is 0 Å². The van der Waals surface area contributed by atoms with Gasteiger partial charge in [0.25, 0.3) is 0 Å². The van der Waals surface area contributed by atoms with Gasteiger partial charge in [0.05, 0.1) is 0 Å². The van der Waals surface area contributed by atoms with Gasteiger partial charge in [-0.2, -0.15) is 0 Å².